The summed E-state index contributed by atoms with van der Waals surface area (Å²) in [6, 6.07) is 7.93. The molecular formula is C18H24N2O. The van der Waals surface area contributed by atoms with Crippen molar-refractivity contribution in [2.45, 2.75) is 45.1 Å². The van der Waals surface area contributed by atoms with Gasteiger partial charge in [0.25, 0.3) is 0 Å². The summed E-state index contributed by atoms with van der Waals surface area (Å²) in [7, 11) is 0. The third-order valence-electron chi connectivity index (χ3n) is 3.95. The molecule has 0 radical (unpaired) electrons. The van der Waals surface area contributed by atoms with Gasteiger partial charge in [0, 0.05) is 18.5 Å². The smallest absolute Gasteiger partial charge is 0.220 e. The first-order valence-electron chi connectivity index (χ1n) is 7.82. The average molecular weight is 284 g/mol. The van der Waals surface area contributed by atoms with Crippen LogP contribution >= 0.6 is 0 Å². The molecule has 1 saturated carbocycles. The Morgan fingerprint density at radius 3 is 2.86 bits per heavy atom. The van der Waals surface area contributed by atoms with E-state index in [0.717, 1.165) is 11.1 Å². The van der Waals surface area contributed by atoms with Gasteiger partial charge in [0.15, 0.2) is 0 Å². The Bertz CT molecular complexity index is 522. The molecule has 0 heterocycles. The van der Waals surface area contributed by atoms with Gasteiger partial charge in [-0.05, 0) is 36.5 Å². The third-order valence-corrected chi connectivity index (χ3v) is 3.95. The molecule has 3 nitrogen and oxygen atoms in total. The van der Waals surface area contributed by atoms with E-state index in [0.29, 0.717) is 25.4 Å². The highest BCUT2D eigenvalue weighted by Gasteiger charge is 2.16. The largest absolute Gasteiger partial charge is 0.352 e. The normalized spacial score (nSPS) is 15.1. The molecule has 3 N–H and O–H groups in total. The molecule has 0 spiro atoms. The maximum atomic E-state index is 12.0. The molecule has 0 atom stereocenters. The van der Waals surface area contributed by atoms with Gasteiger partial charge >= 0.3 is 0 Å². The van der Waals surface area contributed by atoms with Crippen molar-refractivity contribution in [3.05, 3.63) is 35.4 Å². The number of nitrogens with one attached hydrogen (secondary N) is 1. The molecule has 0 aliphatic heterocycles. The van der Waals surface area contributed by atoms with Crippen LogP contribution in [0.15, 0.2) is 24.3 Å². The fourth-order valence-corrected chi connectivity index (χ4v) is 2.84. The molecule has 1 aromatic rings. The zero-order valence-electron chi connectivity index (χ0n) is 12.5. The van der Waals surface area contributed by atoms with Gasteiger partial charge in [-0.15, -0.1) is 0 Å². The molecule has 1 aliphatic rings. The van der Waals surface area contributed by atoms with Gasteiger partial charge in [-0.2, -0.15) is 0 Å². The van der Waals surface area contributed by atoms with Gasteiger partial charge in [-0.3, -0.25) is 4.79 Å². The first-order chi connectivity index (χ1) is 10.3. The van der Waals surface area contributed by atoms with Crippen LogP contribution in [0.25, 0.3) is 0 Å². The second kappa shape index (κ2) is 8.49. The lowest BCUT2D eigenvalue weighted by Gasteiger charge is -2.20. The van der Waals surface area contributed by atoms with E-state index in [1.165, 1.54) is 32.1 Å². The minimum absolute atomic E-state index is 0.167. The van der Waals surface area contributed by atoms with Gasteiger partial charge in [0.05, 0.1) is 6.54 Å². The predicted molar refractivity (Wildman–Crippen MR) is 85.4 cm³/mol. The maximum Gasteiger partial charge on any atom is 0.220 e. The van der Waals surface area contributed by atoms with Crippen molar-refractivity contribution in [3.8, 4) is 11.8 Å². The number of nitrogens with two attached hydrogens (primary N) is 1. The second-order valence-electron chi connectivity index (χ2n) is 5.69. The molecule has 0 bridgehead atoms. The Kier molecular flexibility index (Phi) is 6.30. The lowest BCUT2D eigenvalue weighted by molar-refractivity contribution is -0.122. The fraction of sp³-hybridized carbons (Fsp3) is 0.500. The third kappa shape index (κ3) is 5.61. The summed E-state index contributed by atoms with van der Waals surface area (Å²) in [5, 5.41) is 3.02. The van der Waals surface area contributed by atoms with E-state index in [9.17, 15) is 4.79 Å². The van der Waals surface area contributed by atoms with Crippen molar-refractivity contribution in [1.29, 1.82) is 0 Å². The number of rotatable bonds is 4. The quantitative estimate of drug-likeness (QED) is 0.835. The Hall–Kier alpha value is -1.79. The number of amides is 1. The molecular weight excluding hydrogens is 260 g/mol. The van der Waals surface area contributed by atoms with Crippen molar-refractivity contribution in [2.24, 2.45) is 11.7 Å². The van der Waals surface area contributed by atoms with Crippen LogP contribution in [0.4, 0.5) is 0 Å². The van der Waals surface area contributed by atoms with E-state index in [2.05, 4.69) is 17.2 Å². The molecule has 0 aromatic heterocycles. The first-order valence-corrected chi connectivity index (χ1v) is 7.82. The molecule has 1 fully saturated rings. The maximum absolute atomic E-state index is 12.0. The van der Waals surface area contributed by atoms with Crippen molar-refractivity contribution < 1.29 is 4.79 Å². The van der Waals surface area contributed by atoms with E-state index in [4.69, 9.17) is 5.73 Å². The number of carbonyl (C=O) groups excluding carboxylic acids is 1. The first kappa shape index (κ1) is 15.6. The molecule has 0 saturated heterocycles. The average Bonchev–Trinajstić information content (AvgIpc) is 2.52. The van der Waals surface area contributed by atoms with E-state index < -0.39 is 0 Å². The van der Waals surface area contributed by atoms with E-state index in [1.807, 2.05) is 24.3 Å². The molecule has 3 heteroatoms. The second-order valence-corrected chi connectivity index (χ2v) is 5.69. The van der Waals surface area contributed by atoms with Crippen LogP contribution in [0.3, 0.4) is 0 Å². The topological polar surface area (TPSA) is 55.1 Å². The zero-order chi connectivity index (χ0) is 14.9. The van der Waals surface area contributed by atoms with Crippen LogP contribution in [0.5, 0.6) is 0 Å². The SMILES string of the molecule is NCC#Cc1cccc(CNC(=O)CC2CCCCC2)c1. The standard InChI is InChI=1S/C18H24N2O/c19-11-5-10-15-8-4-9-17(12-15)14-20-18(21)13-16-6-2-1-3-7-16/h4,8-9,12,16H,1-3,6-7,11,13-14,19H2,(H,20,21). The van der Waals surface area contributed by atoms with E-state index in [-0.39, 0.29) is 5.91 Å². The van der Waals surface area contributed by atoms with Crippen LogP contribution in [0, 0.1) is 17.8 Å². The van der Waals surface area contributed by atoms with Crippen LogP contribution in [0.2, 0.25) is 0 Å². The van der Waals surface area contributed by atoms with Crippen LogP contribution in [0.1, 0.15) is 49.7 Å². The Morgan fingerprint density at radius 2 is 2.10 bits per heavy atom. The highest BCUT2D eigenvalue weighted by atomic mass is 16.1. The molecule has 2 rings (SSSR count). The summed E-state index contributed by atoms with van der Waals surface area (Å²) >= 11 is 0. The summed E-state index contributed by atoms with van der Waals surface area (Å²) in [5.41, 5.74) is 7.39. The summed E-state index contributed by atoms with van der Waals surface area (Å²) in [6.07, 6.45) is 6.97. The Balaban J connectivity index is 1.80. The van der Waals surface area contributed by atoms with Crippen molar-refractivity contribution >= 4 is 5.91 Å². The lowest BCUT2D eigenvalue weighted by atomic mass is 9.87. The summed E-state index contributed by atoms with van der Waals surface area (Å²) in [6.45, 7) is 0.937. The monoisotopic (exact) mass is 284 g/mol. The van der Waals surface area contributed by atoms with Crippen molar-refractivity contribution in [1.82, 2.24) is 5.32 Å². The van der Waals surface area contributed by atoms with E-state index >= 15 is 0 Å². The van der Waals surface area contributed by atoms with Gasteiger partial charge < -0.3 is 11.1 Å². The predicted octanol–water partition coefficient (Wildman–Crippen LogP) is 2.58. The Labute approximate surface area is 127 Å². The Morgan fingerprint density at radius 1 is 1.29 bits per heavy atom. The summed E-state index contributed by atoms with van der Waals surface area (Å²) in [5.74, 6) is 6.60. The number of benzene rings is 1. The molecule has 1 aliphatic carbocycles. The van der Waals surface area contributed by atoms with Crippen LogP contribution < -0.4 is 11.1 Å². The van der Waals surface area contributed by atoms with Gasteiger partial charge in [0.2, 0.25) is 5.91 Å². The molecule has 0 unspecified atom stereocenters. The molecule has 1 aromatic carbocycles. The molecule has 1 amide bonds. The highest BCUT2D eigenvalue weighted by molar-refractivity contribution is 5.76. The highest BCUT2D eigenvalue weighted by Crippen LogP contribution is 2.26. The van der Waals surface area contributed by atoms with Crippen molar-refractivity contribution in [2.75, 3.05) is 6.54 Å². The molecule has 112 valence electrons. The van der Waals surface area contributed by atoms with Crippen LogP contribution in [-0.2, 0) is 11.3 Å². The minimum Gasteiger partial charge on any atom is -0.352 e. The number of carbonyl (C=O) groups is 1. The van der Waals surface area contributed by atoms with E-state index in [1.54, 1.807) is 0 Å². The summed E-state index contributed by atoms with van der Waals surface area (Å²) < 4.78 is 0. The minimum atomic E-state index is 0.167. The van der Waals surface area contributed by atoms with Gasteiger partial charge in [-0.25, -0.2) is 0 Å². The fourth-order valence-electron chi connectivity index (χ4n) is 2.84. The number of hydrogen-bond donors (Lipinski definition) is 2. The van der Waals surface area contributed by atoms with Crippen molar-refractivity contribution in [3.63, 3.8) is 0 Å². The number of hydrogen-bond acceptors (Lipinski definition) is 2. The lowest BCUT2D eigenvalue weighted by Crippen LogP contribution is -2.25. The van der Waals surface area contributed by atoms with Crippen LogP contribution in [-0.4, -0.2) is 12.5 Å². The zero-order valence-corrected chi connectivity index (χ0v) is 12.5. The summed E-state index contributed by atoms with van der Waals surface area (Å²) in [4.78, 5) is 12.0. The van der Waals surface area contributed by atoms with Gasteiger partial charge in [0.1, 0.15) is 0 Å². The molecule has 21 heavy (non-hydrogen) atoms. The van der Waals surface area contributed by atoms with Gasteiger partial charge in [-0.1, -0.05) is 43.2 Å².